The lowest BCUT2D eigenvalue weighted by molar-refractivity contribution is -0.302. The molecule has 0 aromatic rings. The molecule has 1 amide bonds. The zero-order valence-electron chi connectivity index (χ0n) is 45.4. The van der Waals surface area contributed by atoms with Gasteiger partial charge in [-0.2, -0.15) is 0 Å². The Kier molecular flexibility index (Phi) is 46.4. The third-order valence-electron chi connectivity index (χ3n) is 12.9. The molecule has 11 heteroatoms. The second-order valence-electron chi connectivity index (χ2n) is 19.6. The Bertz CT molecular complexity index is 1470. The lowest BCUT2D eigenvalue weighted by Crippen LogP contribution is -2.60. The monoisotopic (exact) mass is 1010 g/mol. The Morgan fingerprint density at radius 1 is 0.528 bits per heavy atom. The highest BCUT2D eigenvalue weighted by molar-refractivity contribution is 5.76. The Labute approximate surface area is 438 Å². The Morgan fingerprint density at radius 2 is 1.01 bits per heavy atom. The first-order valence-electron chi connectivity index (χ1n) is 28.9. The maximum atomic E-state index is 13.0. The van der Waals surface area contributed by atoms with E-state index in [4.69, 9.17) is 14.2 Å². The number of unbranched alkanes of at least 4 members (excludes halogenated alkanes) is 23. The van der Waals surface area contributed by atoms with E-state index in [-0.39, 0.29) is 18.5 Å². The predicted molar refractivity (Wildman–Crippen MR) is 296 cm³/mol. The van der Waals surface area contributed by atoms with Crippen molar-refractivity contribution in [3.8, 4) is 0 Å². The van der Waals surface area contributed by atoms with Crippen LogP contribution in [0, 0.1) is 0 Å². The highest BCUT2D eigenvalue weighted by atomic mass is 16.7. The van der Waals surface area contributed by atoms with Gasteiger partial charge in [-0.15, -0.1) is 0 Å². The van der Waals surface area contributed by atoms with E-state index in [9.17, 15) is 35.1 Å². The number of nitrogens with one attached hydrogen (secondary N) is 1. The van der Waals surface area contributed by atoms with Crippen molar-refractivity contribution in [1.82, 2.24) is 5.32 Å². The van der Waals surface area contributed by atoms with Gasteiger partial charge < -0.3 is 45.1 Å². The largest absolute Gasteiger partial charge is 0.466 e. The van der Waals surface area contributed by atoms with Crippen LogP contribution >= 0.6 is 0 Å². The maximum absolute atomic E-state index is 13.0. The molecule has 0 aromatic heterocycles. The van der Waals surface area contributed by atoms with E-state index in [1.165, 1.54) is 83.5 Å². The third kappa shape index (κ3) is 39.3. The number of carbonyl (C=O) groups is 2. The average molecular weight is 1010 g/mol. The summed E-state index contributed by atoms with van der Waals surface area (Å²) in [6.45, 7) is 4.13. The van der Waals surface area contributed by atoms with Gasteiger partial charge in [-0.25, -0.2) is 0 Å². The molecule has 1 heterocycles. The topological polar surface area (TPSA) is 175 Å². The number of allylic oxidation sites excluding steroid dienone is 13. The Morgan fingerprint density at radius 3 is 1.60 bits per heavy atom. The van der Waals surface area contributed by atoms with Gasteiger partial charge in [-0.1, -0.05) is 189 Å². The van der Waals surface area contributed by atoms with E-state index in [1.54, 1.807) is 6.08 Å². The molecule has 0 aromatic carbocycles. The minimum atomic E-state index is -1.59. The molecule has 6 N–H and O–H groups in total. The quantitative estimate of drug-likeness (QED) is 0.0149. The molecule has 0 radical (unpaired) electrons. The normalized spacial score (nSPS) is 19.7. The van der Waals surface area contributed by atoms with Crippen molar-refractivity contribution in [2.75, 3.05) is 19.8 Å². The molecule has 0 saturated carbocycles. The van der Waals surface area contributed by atoms with Crippen LogP contribution < -0.4 is 5.32 Å². The van der Waals surface area contributed by atoms with E-state index in [0.29, 0.717) is 25.9 Å². The first-order valence-corrected chi connectivity index (χ1v) is 28.9. The molecule has 1 aliphatic heterocycles. The van der Waals surface area contributed by atoms with Crippen molar-refractivity contribution in [3.05, 3.63) is 85.1 Å². The molecular weight excluding hydrogens is 907 g/mol. The lowest BCUT2D eigenvalue weighted by atomic mass is 9.99. The number of hydrogen-bond acceptors (Lipinski definition) is 10. The van der Waals surface area contributed by atoms with E-state index in [1.807, 2.05) is 6.08 Å². The molecule has 0 spiro atoms. The van der Waals surface area contributed by atoms with Crippen LogP contribution in [0.25, 0.3) is 0 Å². The summed E-state index contributed by atoms with van der Waals surface area (Å²) in [6.07, 6.45) is 56.7. The van der Waals surface area contributed by atoms with Gasteiger partial charge in [0.05, 0.1) is 32.0 Å². The average Bonchev–Trinajstić information content (AvgIpc) is 3.38. The summed E-state index contributed by atoms with van der Waals surface area (Å²) >= 11 is 0. The second-order valence-corrected chi connectivity index (χ2v) is 19.6. The lowest BCUT2D eigenvalue weighted by Gasteiger charge is -2.40. The molecule has 11 nitrogen and oxygen atoms in total. The molecule has 1 fully saturated rings. The van der Waals surface area contributed by atoms with Crippen LogP contribution in [0.4, 0.5) is 0 Å². The molecule has 0 bridgehead atoms. The van der Waals surface area contributed by atoms with Crippen LogP contribution in [-0.2, 0) is 23.8 Å². The maximum Gasteiger partial charge on any atom is 0.305 e. The summed E-state index contributed by atoms with van der Waals surface area (Å²) in [5.74, 6) is -0.256. The molecule has 7 atom stereocenters. The summed E-state index contributed by atoms with van der Waals surface area (Å²) in [5.41, 5.74) is 0. The fraction of sp³-hybridized carbons (Fsp3) is 0.738. The van der Waals surface area contributed by atoms with Crippen molar-refractivity contribution < 1.29 is 49.3 Å². The summed E-state index contributed by atoms with van der Waals surface area (Å²) in [6, 6.07) is -0.844. The molecule has 7 unspecified atom stereocenters. The standard InChI is InChI=1S/C61H105NO10/c1-3-5-7-9-11-13-15-24-29-33-37-41-45-49-57(66)70-50-46-42-38-34-30-26-23-21-19-17-18-20-22-25-28-32-36-40-44-48-56(65)62-53(52-71-61-60(69)59(68)58(67)55(51-63)72-61)54(64)47-43-39-35-31-27-16-14-12-10-8-6-4-2/h7,9-10,12-13,15,21,23,26-27,30-31,43,47,53-55,58-61,63-64,67-69H,3-6,8,11,14,16-20,22,24-25,28-29,32-42,44-46,48-52H2,1-2H3,(H,62,65)/b9-7-,12-10+,15-13-,23-21-,30-26-,31-27+,47-43+. The van der Waals surface area contributed by atoms with Crippen molar-refractivity contribution in [1.29, 1.82) is 0 Å². The molecule has 414 valence electrons. The van der Waals surface area contributed by atoms with E-state index < -0.39 is 49.5 Å². The third-order valence-corrected chi connectivity index (χ3v) is 12.9. The summed E-state index contributed by atoms with van der Waals surface area (Å²) < 4.78 is 16.6. The minimum Gasteiger partial charge on any atom is -0.466 e. The highest BCUT2D eigenvalue weighted by Gasteiger charge is 2.44. The fourth-order valence-corrected chi connectivity index (χ4v) is 8.30. The molecule has 1 aliphatic rings. The predicted octanol–water partition coefficient (Wildman–Crippen LogP) is 13.0. The van der Waals surface area contributed by atoms with Crippen LogP contribution in [0.5, 0.6) is 0 Å². The molecule has 0 aliphatic carbocycles. The van der Waals surface area contributed by atoms with Gasteiger partial charge in [0.25, 0.3) is 0 Å². The highest BCUT2D eigenvalue weighted by Crippen LogP contribution is 2.23. The SMILES string of the molecule is CCC/C=C\C/C=C\CCCCCCCC(=O)OCCCCC/C=C\C=C/CCCCCCCCCCCCC(=O)NC(COC1OC(CO)C(O)C(O)C1O)C(O)/C=C/CC/C=C/CC/C=C/CCCC. The van der Waals surface area contributed by atoms with E-state index in [0.717, 1.165) is 109 Å². The fourth-order valence-electron chi connectivity index (χ4n) is 8.30. The van der Waals surface area contributed by atoms with Crippen molar-refractivity contribution in [2.24, 2.45) is 0 Å². The number of esters is 1. The minimum absolute atomic E-state index is 0.0461. The van der Waals surface area contributed by atoms with Crippen molar-refractivity contribution >= 4 is 11.9 Å². The van der Waals surface area contributed by atoms with Gasteiger partial charge in [0.2, 0.25) is 5.91 Å². The first-order chi connectivity index (χ1) is 35.2. The number of carbonyl (C=O) groups excluding carboxylic acids is 2. The van der Waals surface area contributed by atoms with Gasteiger partial charge in [-0.3, -0.25) is 9.59 Å². The number of aliphatic hydroxyl groups is 5. The van der Waals surface area contributed by atoms with Gasteiger partial charge in [0.1, 0.15) is 24.4 Å². The zero-order valence-corrected chi connectivity index (χ0v) is 45.4. The number of amides is 1. The van der Waals surface area contributed by atoms with Crippen LogP contribution in [-0.4, -0.2) is 100 Å². The molecule has 1 saturated heterocycles. The molecule has 72 heavy (non-hydrogen) atoms. The van der Waals surface area contributed by atoms with Gasteiger partial charge in [0, 0.05) is 12.8 Å². The van der Waals surface area contributed by atoms with E-state index >= 15 is 0 Å². The van der Waals surface area contributed by atoms with Crippen LogP contribution in [0.3, 0.4) is 0 Å². The smallest absolute Gasteiger partial charge is 0.305 e. The summed E-state index contributed by atoms with van der Waals surface area (Å²) in [4.78, 5) is 25.0. The number of aliphatic hydroxyl groups excluding tert-OH is 5. The Balaban J connectivity index is 2.13. The zero-order chi connectivity index (χ0) is 52.4. The van der Waals surface area contributed by atoms with Gasteiger partial charge >= 0.3 is 5.97 Å². The first kappa shape index (κ1) is 66.9. The second kappa shape index (κ2) is 50.0. The van der Waals surface area contributed by atoms with Crippen molar-refractivity contribution in [3.63, 3.8) is 0 Å². The summed E-state index contributed by atoms with van der Waals surface area (Å²) in [7, 11) is 0. The number of rotatable bonds is 48. The number of hydrogen-bond donors (Lipinski definition) is 6. The molecule has 1 rings (SSSR count). The van der Waals surface area contributed by atoms with Gasteiger partial charge in [-0.05, 0) is 109 Å². The molecular formula is C61H105NO10. The Hall–Kier alpha value is -3.16. The van der Waals surface area contributed by atoms with Crippen LogP contribution in [0.15, 0.2) is 85.1 Å². The van der Waals surface area contributed by atoms with Crippen molar-refractivity contribution in [2.45, 2.75) is 269 Å². The van der Waals surface area contributed by atoms with E-state index in [2.05, 4.69) is 92.1 Å². The van der Waals surface area contributed by atoms with Crippen LogP contribution in [0.1, 0.15) is 226 Å². The van der Waals surface area contributed by atoms with Gasteiger partial charge in [0.15, 0.2) is 6.29 Å². The number of ether oxygens (including phenoxy) is 3. The van der Waals surface area contributed by atoms with Crippen LogP contribution in [0.2, 0.25) is 0 Å². The summed E-state index contributed by atoms with van der Waals surface area (Å²) in [5, 5.41) is 54.3.